The first-order valence-electron chi connectivity index (χ1n) is 7.93. The summed E-state index contributed by atoms with van der Waals surface area (Å²) in [5.41, 5.74) is 4.31. The molecule has 1 atom stereocenters. The first kappa shape index (κ1) is 14.4. The summed E-state index contributed by atoms with van der Waals surface area (Å²) in [6, 6.07) is 11.5. The van der Waals surface area contributed by atoms with Crippen molar-refractivity contribution in [2.45, 2.75) is 58.0 Å². The molecule has 0 spiro atoms. The van der Waals surface area contributed by atoms with Crippen LogP contribution < -0.4 is 5.32 Å². The molecule has 0 bridgehead atoms. The summed E-state index contributed by atoms with van der Waals surface area (Å²) < 4.78 is 5.55. The number of hydrogen-bond acceptors (Lipinski definition) is 2. The standard InChI is InChI=1S/C19H25NO/c1-19(2,3)15-9-7-14(8-10-15)13-20-17-5-4-6-18-16(17)11-12-21-18/h7-12,17,20H,4-6,13H2,1-3H3. The second-order valence-corrected chi connectivity index (χ2v) is 7.07. The number of aryl methyl sites for hydroxylation is 1. The van der Waals surface area contributed by atoms with E-state index >= 15 is 0 Å². The van der Waals surface area contributed by atoms with Gasteiger partial charge in [0.05, 0.1) is 6.26 Å². The summed E-state index contributed by atoms with van der Waals surface area (Å²) in [4.78, 5) is 0. The van der Waals surface area contributed by atoms with Crippen LogP contribution in [0.5, 0.6) is 0 Å². The molecule has 0 amide bonds. The Morgan fingerprint density at radius 2 is 1.90 bits per heavy atom. The highest BCUT2D eigenvalue weighted by Crippen LogP contribution is 2.30. The highest BCUT2D eigenvalue weighted by Gasteiger charge is 2.22. The fraction of sp³-hybridized carbons (Fsp3) is 0.474. The molecule has 0 saturated heterocycles. The first-order valence-corrected chi connectivity index (χ1v) is 7.93. The van der Waals surface area contributed by atoms with E-state index in [-0.39, 0.29) is 5.41 Å². The molecule has 21 heavy (non-hydrogen) atoms. The van der Waals surface area contributed by atoms with E-state index in [1.54, 1.807) is 0 Å². The van der Waals surface area contributed by atoms with E-state index in [4.69, 9.17) is 4.42 Å². The van der Waals surface area contributed by atoms with Crippen LogP contribution in [0, 0.1) is 0 Å². The third-order valence-electron chi connectivity index (χ3n) is 4.42. The van der Waals surface area contributed by atoms with Crippen LogP contribution in [0.3, 0.4) is 0 Å². The molecule has 1 unspecified atom stereocenters. The second kappa shape index (κ2) is 5.69. The van der Waals surface area contributed by atoms with Crippen molar-refractivity contribution >= 4 is 0 Å². The highest BCUT2D eigenvalue weighted by atomic mass is 16.3. The van der Waals surface area contributed by atoms with E-state index in [0.717, 1.165) is 13.0 Å². The molecule has 1 aromatic heterocycles. The average Bonchev–Trinajstić information content (AvgIpc) is 2.93. The number of fused-ring (bicyclic) bond motifs is 1. The maximum Gasteiger partial charge on any atom is 0.108 e. The van der Waals surface area contributed by atoms with Crippen LogP contribution in [0.15, 0.2) is 41.0 Å². The second-order valence-electron chi connectivity index (χ2n) is 7.07. The molecule has 1 aromatic carbocycles. The van der Waals surface area contributed by atoms with Gasteiger partial charge in [-0.3, -0.25) is 0 Å². The number of furan rings is 1. The summed E-state index contributed by atoms with van der Waals surface area (Å²) in [5.74, 6) is 1.17. The minimum absolute atomic E-state index is 0.223. The zero-order valence-corrected chi connectivity index (χ0v) is 13.3. The van der Waals surface area contributed by atoms with E-state index < -0.39 is 0 Å². The van der Waals surface area contributed by atoms with Gasteiger partial charge in [0, 0.05) is 24.6 Å². The van der Waals surface area contributed by atoms with Gasteiger partial charge >= 0.3 is 0 Å². The monoisotopic (exact) mass is 283 g/mol. The Morgan fingerprint density at radius 1 is 1.14 bits per heavy atom. The Morgan fingerprint density at radius 3 is 2.62 bits per heavy atom. The lowest BCUT2D eigenvalue weighted by Gasteiger charge is -2.23. The fourth-order valence-corrected chi connectivity index (χ4v) is 3.06. The lowest BCUT2D eigenvalue weighted by atomic mass is 9.86. The lowest BCUT2D eigenvalue weighted by Crippen LogP contribution is -2.24. The van der Waals surface area contributed by atoms with Gasteiger partial charge in [0.1, 0.15) is 5.76 Å². The van der Waals surface area contributed by atoms with Crippen LogP contribution in [0.2, 0.25) is 0 Å². The van der Waals surface area contributed by atoms with Crippen LogP contribution >= 0.6 is 0 Å². The summed E-state index contributed by atoms with van der Waals surface area (Å²) in [7, 11) is 0. The van der Waals surface area contributed by atoms with Crippen LogP contribution in [-0.4, -0.2) is 0 Å². The van der Waals surface area contributed by atoms with Crippen molar-refractivity contribution in [1.29, 1.82) is 0 Å². The van der Waals surface area contributed by atoms with Crippen molar-refractivity contribution in [2.75, 3.05) is 0 Å². The molecule has 3 rings (SSSR count). The third kappa shape index (κ3) is 3.21. The van der Waals surface area contributed by atoms with Crippen molar-refractivity contribution in [1.82, 2.24) is 5.32 Å². The molecule has 1 heterocycles. The summed E-state index contributed by atoms with van der Waals surface area (Å²) in [5, 5.41) is 3.68. The quantitative estimate of drug-likeness (QED) is 0.879. The van der Waals surface area contributed by atoms with Gasteiger partial charge in [0.15, 0.2) is 0 Å². The summed E-state index contributed by atoms with van der Waals surface area (Å²) in [6.45, 7) is 7.67. The van der Waals surface area contributed by atoms with E-state index in [2.05, 4.69) is 56.4 Å². The largest absolute Gasteiger partial charge is 0.469 e. The van der Waals surface area contributed by atoms with Gasteiger partial charge in [-0.2, -0.15) is 0 Å². The van der Waals surface area contributed by atoms with Gasteiger partial charge in [-0.1, -0.05) is 45.0 Å². The maximum atomic E-state index is 5.55. The molecular weight excluding hydrogens is 258 g/mol. The van der Waals surface area contributed by atoms with Crippen molar-refractivity contribution < 1.29 is 4.42 Å². The highest BCUT2D eigenvalue weighted by molar-refractivity contribution is 5.28. The minimum Gasteiger partial charge on any atom is -0.469 e. The summed E-state index contributed by atoms with van der Waals surface area (Å²) in [6.07, 6.45) is 5.32. The SMILES string of the molecule is CC(C)(C)c1ccc(CNC2CCCc3occc32)cc1. The number of nitrogens with one attached hydrogen (secondary N) is 1. The van der Waals surface area contributed by atoms with Crippen LogP contribution in [0.1, 0.15) is 62.1 Å². The Labute approximate surface area is 127 Å². The molecule has 2 nitrogen and oxygen atoms in total. The number of rotatable bonds is 3. The Kier molecular flexibility index (Phi) is 3.90. The number of benzene rings is 1. The van der Waals surface area contributed by atoms with Crippen molar-refractivity contribution in [3.63, 3.8) is 0 Å². The Hall–Kier alpha value is -1.54. The third-order valence-corrected chi connectivity index (χ3v) is 4.42. The van der Waals surface area contributed by atoms with Crippen LogP contribution in [0.4, 0.5) is 0 Å². The molecule has 0 saturated carbocycles. The molecule has 1 aliphatic carbocycles. The molecule has 2 aromatic rings. The van der Waals surface area contributed by atoms with Crippen LogP contribution in [-0.2, 0) is 18.4 Å². The van der Waals surface area contributed by atoms with Gasteiger partial charge in [0.2, 0.25) is 0 Å². The van der Waals surface area contributed by atoms with Crippen molar-refractivity contribution in [2.24, 2.45) is 0 Å². The first-order chi connectivity index (χ1) is 10.0. The van der Waals surface area contributed by atoms with Gasteiger partial charge in [-0.25, -0.2) is 0 Å². The molecule has 2 heteroatoms. The predicted molar refractivity (Wildman–Crippen MR) is 86.4 cm³/mol. The van der Waals surface area contributed by atoms with E-state index in [9.17, 15) is 0 Å². The Balaban J connectivity index is 1.64. The normalized spacial score (nSPS) is 18.5. The zero-order valence-electron chi connectivity index (χ0n) is 13.3. The summed E-state index contributed by atoms with van der Waals surface area (Å²) >= 11 is 0. The van der Waals surface area contributed by atoms with E-state index in [1.165, 1.54) is 35.3 Å². The Bertz CT molecular complexity index is 589. The predicted octanol–water partition coefficient (Wildman–Crippen LogP) is 4.74. The molecule has 1 aliphatic rings. The van der Waals surface area contributed by atoms with Gasteiger partial charge in [0.25, 0.3) is 0 Å². The van der Waals surface area contributed by atoms with Crippen LogP contribution in [0.25, 0.3) is 0 Å². The molecule has 0 fully saturated rings. The van der Waals surface area contributed by atoms with Crippen molar-refractivity contribution in [3.8, 4) is 0 Å². The maximum absolute atomic E-state index is 5.55. The van der Waals surface area contributed by atoms with Gasteiger partial charge in [-0.05, 0) is 35.4 Å². The molecule has 112 valence electrons. The van der Waals surface area contributed by atoms with E-state index in [1.807, 2.05) is 6.26 Å². The zero-order chi connectivity index (χ0) is 14.9. The van der Waals surface area contributed by atoms with E-state index in [0.29, 0.717) is 6.04 Å². The average molecular weight is 283 g/mol. The fourth-order valence-electron chi connectivity index (χ4n) is 3.06. The van der Waals surface area contributed by atoms with Crippen molar-refractivity contribution in [3.05, 3.63) is 59.0 Å². The molecule has 1 N–H and O–H groups in total. The van der Waals surface area contributed by atoms with Gasteiger partial charge in [-0.15, -0.1) is 0 Å². The van der Waals surface area contributed by atoms with Gasteiger partial charge < -0.3 is 9.73 Å². The smallest absolute Gasteiger partial charge is 0.108 e. The molecule has 0 radical (unpaired) electrons. The minimum atomic E-state index is 0.223. The topological polar surface area (TPSA) is 25.2 Å². The molecular formula is C19H25NO. The molecule has 0 aliphatic heterocycles. The number of hydrogen-bond donors (Lipinski definition) is 1. The lowest BCUT2D eigenvalue weighted by molar-refractivity contribution is 0.411.